The molecule has 3 N–H and O–H groups in total. The number of unbranched alkanes of at least 4 members (excludes halogenated alkanes) is 2. The number of nitrogens with one attached hydrogen (secondary N) is 1. The molecule has 2 amide bonds. The van der Waals surface area contributed by atoms with Crippen LogP contribution >= 0.6 is 0 Å². The van der Waals surface area contributed by atoms with Crippen LogP contribution in [0.25, 0.3) is 0 Å². The van der Waals surface area contributed by atoms with Crippen molar-refractivity contribution < 1.29 is 19.8 Å². The van der Waals surface area contributed by atoms with Gasteiger partial charge in [0.25, 0.3) is 0 Å². The molecule has 0 radical (unpaired) electrons. The molecule has 0 aromatic heterocycles. The van der Waals surface area contributed by atoms with Crippen LogP contribution in [0.5, 0.6) is 0 Å². The summed E-state index contributed by atoms with van der Waals surface area (Å²) in [4.78, 5) is 23.9. The zero-order valence-corrected chi connectivity index (χ0v) is 11.3. The van der Waals surface area contributed by atoms with Crippen molar-refractivity contribution >= 4 is 12.0 Å². The molecule has 1 rings (SSSR count). The van der Waals surface area contributed by atoms with Crippen molar-refractivity contribution in [2.24, 2.45) is 5.92 Å². The van der Waals surface area contributed by atoms with Gasteiger partial charge >= 0.3 is 12.0 Å². The number of aliphatic hydroxyl groups is 1. The topological polar surface area (TPSA) is 89.9 Å². The molecule has 1 atom stereocenters. The lowest BCUT2D eigenvalue weighted by atomic mass is 10.1. The molecule has 1 unspecified atom stereocenters. The lowest BCUT2D eigenvalue weighted by molar-refractivity contribution is -0.137. The van der Waals surface area contributed by atoms with E-state index in [2.05, 4.69) is 5.32 Å². The molecule has 0 spiro atoms. The number of nitrogens with zero attached hydrogens (tertiary/aromatic N) is 1. The average Bonchev–Trinajstić information content (AvgIpc) is 2.82. The van der Waals surface area contributed by atoms with Crippen LogP contribution in [0, 0.1) is 5.92 Å². The molecule has 0 saturated carbocycles. The van der Waals surface area contributed by atoms with Gasteiger partial charge in [0.1, 0.15) is 0 Å². The highest BCUT2D eigenvalue weighted by Crippen LogP contribution is 2.18. The molecule has 0 aliphatic carbocycles. The van der Waals surface area contributed by atoms with Crippen LogP contribution in [0.2, 0.25) is 0 Å². The Morgan fingerprint density at radius 3 is 2.74 bits per heavy atom. The predicted octanol–water partition coefficient (Wildman–Crippen LogP) is 1.05. The van der Waals surface area contributed by atoms with Gasteiger partial charge < -0.3 is 20.4 Å². The van der Waals surface area contributed by atoms with Crippen molar-refractivity contribution in [1.82, 2.24) is 10.2 Å². The third-order valence-corrected chi connectivity index (χ3v) is 3.45. The molecular weight excluding hydrogens is 248 g/mol. The highest BCUT2D eigenvalue weighted by atomic mass is 16.4. The molecule has 0 bridgehead atoms. The van der Waals surface area contributed by atoms with E-state index in [0.717, 1.165) is 38.8 Å². The first-order valence-electron chi connectivity index (χ1n) is 6.99. The number of rotatable bonds is 8. The maximum atomic E-state index is 11.8. The lowest BCUT2D eigenvalue weighted by Gasteiger charge is -2.17. The number of urea groups is 1. The minimum Gasteiger partial charge on any atom is -0.481 e. The van der Waals surface area contributed by atoms with E-state index in [4.69, 9.17) is 10.2 Å². The molecular formula is C13H24N2O4. The number of carboxylic acids is 1. The molecule has 6 heteroatoms. The van der Waals surface area contributed by atoms with Crippen LogP contribution in [0.1, 0.15) is 38.5 Å². The molecule has 1 aliphatic rings. The monoisotopic (exact) mass is 272 g/mol. The minimum atomic E-state index is -0.768. The van der Waals surface area contributed by atoms with Crippen molar-refractivity contribution in [3.8, 4) is 0 Å². The third kappa shape index (κ3) is 6.42. The second kappa shape index (κ2) is 8.74. The molecule has 0 aromatic carbocycles. The maximum absolute atomic E-state index is 11.8. The van der Waals surface area contributed by atoms with Gasteiger partial charge in [0.05, 0.1) is 0 Å². The van der Waals surface area contributed by atoms with Crippen LogP contribution < -0.4 is 5.32 Å². The normalized spacial score (nSPS) is 18.6. The number of carbonyl (C=O) groups excluding carboxylic acids is 1. The van der Waals surface area contributed by atoms with Crippen LogP contribution in [0.15, 0.2) is 0 Å². The number of carbonyl (C=O) groups is 2. The Kier molecular flexibility index (Phi) is 7.25. The SMILES string of the molecule is O=C(O)CCCCCNC(=O)N1CCC(CCO)C1. The number of carboxylic acid groups (broad SMARTS) is 1. The fourth-order valence-electron chi connectivity index (χ4n) is 2.32. The molecule has 0 aromatic rings. The Balaban J connectivity index is 2.03. The molecule has 110 valence electrons. The van der Waals surface area contributed by atoms with Gasteiger partial charge in [-0.05, 0) is 31.6 Å². The molecule has 1 aliphatic heterocycles. The summed E-state index contributed by atoms with van der Waals surface area (Å²) in [5, 5.41) is 20.2. The Bertz CT molecular complexity index is 296. The first kappa shape index (κ1) is 15.8. The molecule has 6 nitrogen and oxygen atoms in total. The molecule has 19 heavy (non-hydrogen) atoms. The van der Waals surface area contributed by atoms with E-state index in [1.165, 1.54) is 0 Å². The van der Waals surface area contributed by atoms with E-state index in [-0.39, 0.29) is 19.1 Å². The molecule has 1 fully saturated rings. The van der Waals surface area contributed by atoms with Crippen molar-refractivity contribution in [2.75, 3.05) is 26.2 Å². The summed E-state index contributed by atoms with van der Waals surface area (Å²) < 4.78 is 0. The second-order valence-electron chi connectivity index (χ2n) is 5.05. The van der Waals surface area contributed by atoms with Gasteiger partial charge in [-0.3, -0.25) is 4.79 Å². The summed E-state index contributed by atoms with van der Waals surface area (Å²) in [5.41, 5.74) is 0. The summed E-state index contributed by atoms with van der Waals surface area (Å²) in [6, 6.07) is -0.0429. The summed E-state index contributed by atoms with van der Waals surface area (Å²) in [6.45, 7) is 2.27. The Hall–Kier alpha value is -1.30. The van der Waals surface area contributed by atoms with Gasteiger partial charge in [-0.1, -0.05) is 6.42 Å². The van der Waals surface area contributed by atoms with Gasteiger partial charge in [-0.2, -0.15) is 0 Å². The van der Waals surface area contributed by atoms with Crippen molar-refractivity contribution in [1.29, 1.82) is 0 Å². The van der Waals surface area contributed by atoms with E-state index >= 15 is 0 Å². The smallest absolute Gasteiger partial charge is 0.317 e. The second-order valence-corrected chi connectivity index (χ2v) is 5.05. The number of hydrogen-bond donors (Lipinski definition) is 3. The molecule has 1 saturated heterocycles. The van der Waals surface area contributed by atoms with E-state index in [1.807, 2.05) is 0 Å². The average molecular weight is 272 g/mol. The van der Waals surface area contributed by atoms with Crippen LogP contribution in [-0.2, 0) is 4.79 Å². The zero-order chi connectivity index (χ0) is 14.1. The number of aliphatic carboxylic acids is 1. The van der Waals surface area contributed by atoms with E-state index < -0.39 is 5.97 Å². The third-order valence-electron chi connectivity index (χ3n) is 3.45. The lowest BCUT2D eigenvalue weighted by Crippen LogP contribution is -2.38. The van der Waals surface area contributed by atoms with Gasteiger partial charge in [0.2, 0.25) is 0 Å². The van der Waals surface area contributed by atoms with Crippen molar-refractivity contribution in [3.63, 3.8) is 0 Å². The highest BCUT2D eigenvalue weighted by molar-refractivity contribution is 5.74. The Morgan fingerprint density at radius 1 is 1.26 bits per heavy atom. The number of aliphatic hydroxyl groups excluding tert-OH is 1. The predicted molar refractivity (Wildman–Crippen MR) is 70.9 cm³/mol. The highest BCUT2D eigenvalue weighted by Gasteiger charge is 2.25. The standard InChI is InChI=1S/C13H24N2O4/c16-9-6-11-5-8-15(10-11)13(19)14-7-3-1-2-4-12(17)18/h11,16H,1-10H2,(H,14,19)(H,17,18). The van der Waals surface area contributed by atoms with E-state index in [0.29, 0.717) is 18.9 Å². The zero-order valence-electron chi connectivity index (χ0n) is 11.3. The Morgan fingerprint density at radius 2 is 2.05 bits per heavy atom. The number of hydrogen-bond acceptors (Lipinski definition) is 3. The van der Waals surface area contributed by atoms with Crippen molar-refractivity contribution in [3.05, 3.63) is 0 Å². The summed E-state index contributed by atoms with van der Waals surface area (Å²) in [5.74, 6) is -0.345. The first-order chi connectivity index (χ1) is 9.13. The maximum Gasteiger partial charge on any atom is 0.317 e. The summed E-state index contributed by atoms with van der Waals surface area (Å²) in [7, 11) is 0. The van der Waals surface area contributed by atoms with E-state index in [9.17, 15) is 9.59 Å². The molecule has 1 heterocycles. The number of amides is 2. The van der Waals surface area contributed by atoms with Crippen LogP contribution in [0.3, 0.4) is 0 Å². The fraction of sp³-hybridized carbons (Fsp3) is 0.846. The van der Waals surface area contributed by atoms with E-state index in [1.54, 1.807) is 4.90 Å². The number of likely N-dealkylation sites (tertiary alicyclic amines) is 1. The Labute approximate surface area is 113 Å². The van der Waals surface area contributed by atoms with Gasteiger partial charge in [-0.15, -0.1) is 0 Å². The van der Waals surface area contributed by atoms with Gasteiger partial charge in [-0.25, -0.2) is 4.79 Å². The quantitative estimate of drug-likeness (QED) is 0.576. The fourth-order valence-corrected chi connectivity index (χ4v) is 2.32. The van der Waals surface area contributed by atoms with Gasteiger partial charge in [0, 0.05) is 32.7 Å². The van der Waals surface area contributed by atoms with Crippen LogP contribution in [-0.4, -0.2) is 53.4 Å². The van der Waals surface area contributed by atoms with Crippen LogP contribution in [0.4, 0.5) is 4.79 Å². The van der Waals surface area contributed by atoms with Gasteiger partial charge in [0.15, 0.2) is 0 Å². The minimum absolute atomic E-state index is 0.0429. The summed E-state index contributed by atoms with van der Waals surface area (Å²) in [6.07, 6.45) is 4.22. The largest absolute Gasteiger partial charge is 0.481 e. The first-order valence-corrected chi connectivity index (χ1v) is 6.99. The van der Waals surface area contributed by atoms with Crippen molar-refractivity contribution in [2.45, 2.75) is 38.5 Å². The summed E-state index contributed by atoms with van der Waals surface area (Å²) >= 11 is 0.